The largest absolute Gasteiger partial charge is 0.353 e. The van der Waals surface area contributed by atoms with Crippen LogP contribution in [-0.4, -0.2) is 18.0 Å². The Hall–Kier alpha value is -0.570. The molecule has 0 aliphatic heterocycles. The Labute approximate surface area is 129 Å². The summed E-state index contributed by atoms with van der Waals surface area (Å²) in [5.74, 6) is 3.62. The molecule has 4 unspecified atom stereocenters. The van der Waals surface area contributed by atoms with Crippen LogP contribution < -0.4 is 11.1 Å². The number of nitrogens with two attached hydrogens (primary N) is 1. The minimum absolute atomic E-state index is 0.278. The molecule has 4 atom stereocenters. The van der Waals surface area contributed by atoms with Crippen molar-refractivity contribution in [1.82, 2.24) is 5.32 Å². The Balaban J connectivity index is 1.36. The topological polar surface area (TPSA) is 55.1 Å². The van der Waals surface area contributed by atoms with Crippen molar-refractivity contribution in [3.05, 3.63) is 0 Å². The summed E-state index contributed by atoms with van der Waals surface area (Å²) in [7, 11) is 0. The maximum atomic E-state index is 12.2. The van der Waals surface area contributed by atoms with Gasteiger partial charge in [-0.2, -0.15) is 0 Å². The standard InChI is InChI=1S/C18H32N2O/c1-12(17-11-14-2-6-15(17)10-14)20-18(21)9-5-13-3-7-16(19)8-4-13/h12-17H,2-11,19H2,1H3,(H,20,21). The maximum absolute atomic E-state index is 12.2. The molecule has 3 aliphatic rings. The summed E-state index contributed by atoms with van der Waals surface area (Å²) in [5.41, 5.74) is 5.94. The molecule has 3 saturated carbocycles. The van der Waals surface area contributed by atoms with Gasteiger partial charge in [-0.05, 0) is 82.0 Å². The van der Waals surface area contributed by atoms with Crippen molar-refractivity contribution in [3.8, 4) is 0 Å². The molecule has 0 aromatic heterocycles. The van der Waals surface area contributed by atoms with Crippen molar-refractivity contribution in [2.24, 2.45) is 29.4 Å². The molecule has 21 heavy (non-hydrogen) atoms. The number of nitrogens with one attached hydrogen (secondary N) is 1. The van der Waals surface area contributed by atoms with Crippen LogP contribution in [0.5, 0.6) is 0 Å². The van der Waals surface area contributed by atoms with Crippen LogP contribution in [0.2, 0.25) is 0 Å². The molecule has 3 nitrogen and oxygen atoms in total. The molecule has 0 saturated heterocycles. The van der Waals surface area contributed by atoms with Crippen LogP contribution in [0.15, 0.2) is 0 Å². The van der Waals surface area contributed by atoms with Crippen LogP contribution in [0.4, 0.5) is 0 Å². The fraction of sp³-hybridized carbons (Fsp3) is 0.944. The third kappa shape index (κ3) is 3.80. The number of amides is 1. The van der Waals surface area contributed by atoms with Gasteiger partial charge in [-0.1, -0.05) is 6.42 Å². The molecular formula is C18H32N2O. The minimum Gasteiger partial charge on any atom is -0.353 e. The lowest BCUT2D eigenvalue weighted by atomic mass is 9.83. The number of carbonyl (C=O) groups excluding carboxylic acids is 1. The Morgan fingerprint density at radius 3 is 2.52 bits per heavy atom. The summed E-state index contributed by atoms with van der Waals surface area (Å²) in [4.78, 5) is 12.2. The van der Waals surface area contributed by atoms with Gasteiger partial charge in [-0.15, -0.1) is 0 Å². The summed E-state index contributed by atoms with van der Waals surface area (Å²) in [5, 5.41) is 3.29. The fourth-order valence-electron chi connectivity index (χ4n) is 5.15. The first-order valence-corrected chi connectivity index (χ1v) is 9.16. The molecule has 120 valence electrons. The normalized spacial score (nSPS) is 40.2. The molecule has 0 aromatic rings. The van der Waals surface area contributed by atoms with Crippen molar-refractivity contribution >= 4 is 5.91 Å². The highest BCUT2D eigenvalue weighted by molar-refractivity contribution is 5.76. The zero-order valence-corrected chi connectivity index (χ0v) is 13.5. The van der Waals surface area contributed by atoms with Crippen LogP contribution in [0.3, 0.4) is 0 Å². The van der Waals surface area contributed by atoms with E-state index in [2.05, 4.69) is 12.2 Å². The lowest BCUT2D eigenvalue weighted by Crippen LogP contribution is -2.40. The van der Waals surface area contributed by atoms with E-state index in [0.717, 1.165) is 42.9 Å². The van der Waals surface area contributed by atoms with Gasteiger partial charge in [0.05, 0.1) is 0 Å². The SMILES string of the molecule is CC(NC(=O)CCC1CCC(N)CC1)C1CC2CCC1C2. The zero-order chi connectivity index (χ0) is 14.8. The molecule has 0 spiro atoms. The summed E-state index contributed by atoms with van der Waals surface area (Å²) < 4.78 is 0. The Kier molecular flexibility index (Phi) is 4.88. The smallest absolute Gasteiger partial charge is 0.220 e. The molecule has 3 N–H and O–H groups in total. The average molecular weight is 292 g/mol. The first-order valence-electron chi connectivity index (χ1n) is 9.16. The van der Waals surface area contributed by atoms with Crippen molar-refractivity contribution < 1.29 is 4.79 Å². The second-order valence-electron chi connectivity index (χ2n) is 8.01. The van der Waals surface area contributed by atoms with Crippen LogP contribution in [0, 0.1) is 23.7 Å². The number of fused-ring (bicyclic) bond motifs is 2. The molecule has 0 radical (unpaired) electrons. The number of hydrogen-bond donors (Lipinski definition) is 2. The van der Waals surface area contributed by atoms with Crippen LogP contribution in [0.1, 0.15) is 71.1 Å². The second kappa shape index (κ2) is 6.68. The van der Waals surface area contributed by atoms with Gasteiger partial charge in [0.1, 0.15) is 0 Å². The molecule has 3 rings (SSSR count). The maximum Gasteiger partial charge on any atom is 0.220 e. The van der Waals surface area contributed by atoms with Gasteiger partial charge in [0.25, 0.3) is 0 Å². The van der Waals surface area contributed by atoms with Gasteiger partial charge >= 0.3 is 0 Å². The van der Waals surface area contributed by atoms with Crippen molar-refractivity contribution in [1.29, 1.82) is 0 Å². The Morgan fingerprint density at radius 2 is 1.90 bits per heavy atom. The predicted octanol–water partition coefficient (Wildman–Crippen LogP) is 3.23. The molecule has 3 aliphatic carbocycles. The van der Waals surface area contributed by atoms with E-state index in [4.69, 9.17) is 5.73 Å². The summed E-state index contributed by atoms with van der Waals surface area (Å²) in [6, 6.07) is 0.792. The highest BCUT2D eigenvalue weighted by atomic mass is 16.1. The van der Waals surface area contributed by atoms with Gasteiger partial charge in [-0.25, -0.2) is 0 Å². The molecule has 0 aromatic carbocycles. The summed E-state index contributed by atoms with van der Waals surface area (Å²) in [6.45, 7) is 2.23. The van der Waals surface area contributed by atoms with Gasteiger partial charge in [-0.3, -0.25) is 4.79 Å². The molecule has 2 bridgehead atoms. The lowest BCUT2D eigenvalue weighted by molar-refractivity contribution is -0.122. The average Bonchev–Trinajstić information content (AvgIpc) is 3.09. The Bertz CT molecular complexity index is 362. The predicted molar refractivity (Wildman–Crippen MR) is 85.7 cm³/mol. The minimum atomic E-state index is 0.278. The molecule has 3 heteroatoms. The number of rotatable bonds is 5. The van der Waals surface area contributed by atoms with Crippen molar-refractivity contribution in [3.63, 3.8) is 0 Å². The molecular weight excluding hydrogens is 260 g/mol. The van der Waals surface area contributed by atoms with E-state index in [1.165, 1.54) is 38.5 Å². The van der Waals surface area contributed by atoms with E-state index in [9.17, 15) is 4.79 Å². The Morgan fingerprint density at radius 1 is 1.14 bits per heavy atom. The summed E-state index contributed by atoms with van der Waals surface area (Å²) in [6.07, 6.45) is 12.1. The third-order valence-electron chi connectivity index (χ3n) is 6.49. The molecule has 1 amide bonds. The third-order valence-corrected chi connectivity index (χ3v) is 6.49. The van der Waals surface area contributed by atoms with E-state index in [-0.39, 0.29) is 5.91 Å². The lowest BCUT2D eigenvalue weighted by Gasteiger charge is -2.29. The fourth-order valence-corrected chi connectivity index (χ4v) is 5.15. The van der Waals surface area contributed by atoms with Crippen LogP contribution in [-0.2, 0) is 4.79 Å². The number of carbonyl (C=O) groups is 1. The first-order chi connectivity index (χ1) is 10.1. The van der Waals surface area contributed by atoms with Gasteiger partial charge in [0.2, 0.25) is 5.91 Å². The highest BCUT2D eigenvalue weighted by Gasteiger charge is 2.42. The van der Waals surface area contributed by atoms with E-state index in [1.807, 2.05) is 0 Å². The second-order valence-corrected chi connectivity index (χ2v) is 8.01. The van der Waals surface area contributed by atoms with Gasteiger partial charge in [0, 0.05) is 18.5 Å². The summed E-state index contributed by atoms with van der Waals surface area (Å²) >= 11 is 0. The monoisotopic (exact) mass is 292 g/mol. The van der Waals surface area contributed by atoms with Gasteiger partial charge < -0.3 is 11.1 Å². The zero-order valence-electron chi connectivity index (χ0n) is 13.5. The quantitative estimate of drug-likeness (QED) is 0.817. The van der Waals surface area contributed by atoms with Crippen molar-refractivity contribution in [2.45, 2.75) is 83.2 Å². The van der Waals surface area contributed by atoms with E-state index < -0.39 is 0 Å². The van der Waals surface area contributed by atoms with Crippen LogP contribution in [0.25, 0.3) is 0 Å². The first kappa shape index (κ1) is 15.3. The van der Waals surface area contributed by atoms with E-state index in [1.54, 1.807) is 0 Å². The molecule has 0 heterocycles. The van der Waals surface area contributed by atoms with Gasteiger partial charge in [0.15, 0.2) is 0 Å². The van der Waals surface area contributed by atoms with E-state index in [0.29, 0.717) is 18.5 Å². The van der Waals surface area contributed by atoms with Crippen molar-refractivity contribution in [2.75, 3.05) is 0 Å². The highest BCUT2D eigenvalue weighted by Crippen LogP contribution is 2.49. The van der Waals surface area contributed by atoms with Crippen LogP contribution >= 0.6 is 0 Å². The number of hydrogen-bond acceptors (Lipinski definition) is 2. The molecule has 3 fully saturated rings. The van der Waals surface area contributed by atoms with E-state index >= 15 is 0 Å².